The first-order chi connectivity index (χ1) is 12.7. The summed E-state index contributed by atoms with van der Waals surface area (Å²) in [6.07, 6.45) is -0.463. The van der Waals surface area contributed by atoms with Crippen molar-refractivity contribution in [2.75, 3.05) is 33.2 Å². The second-order valence-corrected chi connectivity index (χ2v) is 7.00. The Labute approximate surface area is 165 Å². The van der Waals surface area contributed by atoms with E-state index in [4.69, 9.17) is 16.3 Å². The van der Waals surface area contributed by atoms with Gasteiger partial charge >= 0.3 is 6.09 Å². The van der Waals surface area contributed by atoms with Crippen LogP contribution in [-0.2, 0) is 4.74 Å². The molecule has 2 amide bonds. The molecule has 0 spiro atoms. The molecule has 0 radical (unpaired) electrons. The predicted molar refractivity (Wildman–Crippen MR) is 107 cm³/mol. The minimum Gasteiger partial charge on any atom is -0.444 e. The summed E-state index contributed by atoms with van der Waals surface area (Å²) in [5, 5.41) is 12.0. The van der Waals surface area contributed by atoms with E-state index in [0.717, 1.165) is 0 Å². The summed E-state index contributed by atoms with van der Waals surface area (Å²) in [5.74, 6) is 0.333. The van der Waals surface area contributed by atoms with Crippen molar-refractivity contribution in [3.8, 4) is 0 Å². The Balaban J connectivity index is 2.21. The van der Waals surface area contributed by atoms with Crippen molar-refractivity contribution in [2.45, 2.75) is 26.4 Å². The van der Waals surface area contributed by atoms with Crippen molar-refractivity contribution < 1.29 is 14.3 Å². The number of nitrogens with zero attached hydrogens (tertiary/aromatic N) is 1. The molecule has 0 bridgehead atoms. The zero-order valence-corrected chi connectivity index (χ0v) is 16.9. The van der Waals surface area contributed by atoms with Crippen LogP contribution in [0.1, 0.15) is 31.1 Å². The molecule has 9 heteroatoms. The van der Waals surface area contributed by atoms with E-state index in [-0.39, 0.29) is 5.91 Å². The summed E-state index contributed by atoms with van der Waals surface area (Å²) in [4.78, 5) is 27.6. The van der Waals surface area contributed by atoms with Crippen LogP contribution >= 0.6 is 11.6 Å². The summed E-state index contributed by atoms with van der Waals surface area (Å²) >= 11 is 5.99. The molecular formula is C18H28ClN5O3. The number of carbonyl (C=O) groups is 2. The van der Waals surface area contributed by atoms with Crippen LogP contribution in [0.3, 0.4) is 0 Å². The highest BCUT2D eigenvalue weighted by atomic mass is 35.5. The summed E-state index contributed by atoms with van der Waals surface area (Å²) in [6.45, 7) is 7.17. The Morgan fingerprint density at radius 2 is 1.56 bits per heavy atom. The minimum absolute atomic E-state index is 0.230. The number of alkyl carbamates (subject to hydrolysis) is 1. The van der Waals surface area contributed by atoms with Crippen LogP contribution in [0.15, 0.2) is 29.3 Å². The molecule has 0 aromatic heterocycles. The second kappa shape index (κ2) is 11.3. The molecule has 8 nitrogen and oxygen atoms in total. The normalized spacial score (nSPS) is 11.5. The zero-order chi connectivity index (χ0) is 20.3. The van der Waals surface area contributed by atoms with Crippen LogP contribution in [0, 0.1) is 0 Å². The lowest BCUT2D eigenvalue weighted by molar-refractivity contribution is 0.0528. The molecule has 1 aromatic carbocycles. The summed E-state index contributed by atoms with van der Waals surface area (Å²) < 4.78 is 5.14. The summed E-state index contributed by atoms with van der Waals surface area (Å²) in [6, 6.07) is 6.87. The fraction of sp³-hybridized carbons (Fsp3) is 0.500. The number of carbonyl (C=O) groups excluding carboxylic acids is 2. The number of nitrogens with one attached hydrogen (secondary N) is 4. The number of hydrogen-bond donors (Lipinski definition) is 4. The average Bonchev–Trinajstić information content (AvgIpc) is 2.59. The lowest BCUT2D eigenvalue weighted by Gasteiger charge is -2.20. The quantitative estimate of drug-likeness (QED) is 0.319. The maximum atomic E-state index is 12.0. The van der Waals surface area contributed by atoms with Gasteiger partial charge in [0.05, 0.1) is 10.6 Å². The van der Waals surface area contributed by atoms with Crippen molar-refractivity contribution in [3.63, 3.8) is 0 Å². The van der Waals surface area contributed by atoms with E-state index in [9.17, 15) is 9.59 Å². The van der Waals surface area contributed by atoms with E-state index in [1.807, 2.05) is 0 Å². The van der Waals surface area contributed by atoms with Gasteiger partial charge in [-0.1, -0.05) is 23.7 Å². The third kappa shape index (κ3) is 9.69. The van der Waals surface area contributed by atoms with Crippen molar-refractivity contribution in [1.29, 1.82) is 0 Å². The van der Waals surface area contributed by atoms with Crippen molar-refractivity contribution in [1.82, 2.24) is 21.3 Å². The number of hydrogen-bond acceptors (Lipinski definition) is 4. The van der Waals surface area contributed by atoms with Gasteiger partial charge in [-0.15, -0.1) is 0 Å². The van der Waals surface area contributed by atoms with Gasteiger partial charge in [0.25, 0.3) is 5.91 Å². The molecular weight excluding hydrogens is 370 g/mol. The molecule has 0 unspecified atom stereocenters. The largest absolute Gasteiger partial charge is 0.444 e. The van der Waals surface area contributed by atoms with E-state index < -0.39 is 11.7 Å². The maximum absolute atomic E-state index is 12.0. The van der Waals surface area contributed by atoms with E-state index in [1.165, 1.54) is 0 Å². The van der Waals surface area contributed by atoms with Crippen LogP contribution in [0.25, 0.3) is 0 Å². The molecule has 27 heavy (non-hydrogen) atoms. The van der Waals surface area contributed by atoms with Crippen molar-refractivity contribution in [2.24, 2.45) is 4.99 Å². The van der Waals surface area contributed by atoms with Crippen LogP contribution < -0.4 is 21.3 Å². The minimum atomic E-state index is -0.524. The topological polar surface area (TPSA) is 104 Å². The Morgan fingerprint density at radius 1 is 1.00 bits per heavy atom. The summed E-state index contributed by atoms with van der Waals surface area (Å²) in [5.41, 5.74) is -0.0846. The Morgan fingerprint density at radius 3 is 2.11 bits per heavy atom. The fourth-order valence-electron chi connectivity index (χ4n) is 1.98. The van der Waals surface area contributed by atoms with E-state index in [0.29, 0.717) is 42.7 Å². The first-order valence-electron chi connectivity index (χ1n) is 8.67. The highest BCUT2D eigenvalue weighted by Gasteiger charge is 2.15. The molecule has 0 saturated carbocycles. The van der Waals surface area contributed by atoms with Gasteiger partial charge in [-0.3, -0.25) is 9.79 Å². The Kier molecular flexibility index (Phi) is 9.42. The highest BCUT2D eigenvalue weighted by molar-refractivity contribution is 6.33. The van der Waals surface area contributed by atoms with Crippen molar-refractivity contribution in [3.05, 3.63) is 34.9 Å². The van der Waals surface area contributed by atoms with Crippen molar-refractivity contribution >= 4 is 29.6 Å². The van der Waals surface area contributed by atoms with Gasteiger partial charge < -0.3 is 26.0 Å². The number of ether oxygens (including phenoxy) is 1. The molecule has 0 atom stereocenters. The molecule has 0 aliphatic rings. The van der Waals surface area contributed by atoms with E-state index in [2.05, 4.69) is 26.3 Å². The van der Waals surface area contributed by atoms with Gasteiger partial charge in [-0.25, -0.2) is 4.79 Å². The SMILES string of the molecule is CN=C(NCCNC(=O)OC(C)(C)C)NCCNC(=O)c1ccccc1Cl. The van der Waals surface area contributed by atoms with Gasteiger partial charge in [0, 0.05) is 33.2 Å². The van der Waals surface area contributed by atoms with Gasteiger partial charge in [0.2, 0.25) is 0 Å². The molecule has 0 aliphatic carbocycles. The van der Waals surface area contributed by atoms with E-state index in [1.54, 1.807) is 52.1 Å². The zero-order valence-electron chi connectivity index (χ0n) is 16.2. The predicted octanol–water partition coefficient (Wildman–Crippen LogP) is 1.76. The lowest BCUT2D eigenvalue weighted by atomic mass is 10.2. The lowest BCUT2D eigenvalue weighted by Crippen LogP contribution is -2.44. The van der Waals surface area contributed by atoms with Gasteiger partial charge in [-0.2, -0.15) is 0 Å². The van der Waals surface area contributed by atoms with E-state index >= 15 is 0 Å². The van der Waals surface area contributed by atoms with Crippen LogP contribution in [0.2, 0.25) is 5.02 Å². The Hall–Kier alpha value is -2.48. The number of benzene rings is 1. The summed E-state index contributed by atoms with van der Waals surface area (Å²) in [7, 11) is 1.64. The number of aliphatic imine (C=N–C) groups is 1. The van der Waals surface area contributed by atoms with Crippen LogP contribution in [-0.4, -0.2) is 56.8 Å². The van der Waals surface area contributed by atoms with Crippen LogP contribution in [0.4, 0.5) is 4.79 Å². The maximum Gasteiger partial charge on any atom is 0.407 e. The highest BCUT2D eigenvalue weighted by Crippen LogP contribution is 2.14. The molecule has 150 valence electrons. The first-order valence-corrected chi connectivity index (χ1v) is 9.05. The third-order valence-corrected chi connectivity index (χ3v) is 3.46. The molecule has 0 heterocycles. The van der Waals surface area contributed by atoms with Gasteiger partial charge in [0.15, 0.2) is 5.96 Å². The monoisotopic (exact) mass is 397 g/mol. The van der Waals surface area contributed by atoms with Crippen LogP contribution in [0.5, 0.6) is 0 Å². The number of amides is 2. The smallest absolute Gasteiger partial charge is 0.407 e. The fourth-order valence-corrected chi connectivity index (χ4v) is 2.20. The second-order valence-electron chi connectivity index (χ2n) is 6.59. The Bertz CT molecular complexity index is 659. The molecule has 0 fully saturated rings. The third-order valence-electron chi connectivity index (χ3n) is 3.13. The molecule has 0 saturated heterocycles. The molecule has 0 aliphatic heterocycles. The molecule has 1 aromatic rings. The van der Waals surface area contributed by atoms with Gasteiger partial charge in [-0.05, 0) is 32.9 Å². The number of halogens is 1. The first kappa shape index (κ1) is 22.6. The van der Waals surface area contributed by atoms with Gasteiger partial charge in [0.1, 0.15) is 5.60 Å². The number of guanidine groups is 1. The average molecular weight is 398 g/mol. The standard InChI is InChI=1S/C18H28ClN5O3/c1-18(2,3)27-17(26)24-12-11-23-16(20-4)22-10-9-21-15(25)13-7-5-6-8-14(13)19/h5-8H,9-12H2,1-4H3,(H,21,25)(H,24,26)(H2,20,22,23). The number of rotatable bonds is 7. The molecule has 1 rings (SSSR count). The molecule has 4 N–H and O–H groups in total.